The number of hydrogen-bond acceptors (Lipinski definition) is 12. The van der Waals surface area contributed by atoms with E-state index in [9.17, 15) is 14.4 Å². The van der Waals surface area contributed by atoms with Crippen molar-refractivity contribution in [2.24, 2.45) is 37.0 Å². The van der Waals surface area contributed by atoms with Gasteiger partial charge in [-0.15, -0.1) is 0 Å². The monoisotopic (exact) mass is 683 g/mol. The van der Waals surface area contributed by atoms with Crippen molar-refractivity contribution in [3.05, 3.63) is 31.3 Å². The number of esters is 3. The molecule has 0 aromatic carbocycles. The Hall–Kier alpha value is -3.78. The fraction of sp³-hybridized carbons (Fsp3) is 0.900. The Balaban J connectivity index is 5.09. The molecule has 18 nitrogen and oxygen atoms in total. The van der Waals surface area contributed by atoms with Gasteiger partial charge in [-0.25, -0.2) is 0 Å². The van der Waals surface area contributed by atoms with Gasteiger partial charge in [0.15, 0.2) is 0 Å². The van der Waals surface area contributed by atoms with Gasteiger partial charge in [0, 0.05) is 39.8 Å². The minimum absolute atomic E-state index is 0.0160. The molecule has 0 aromatic rings. The smallest absolute Gasteiger partial charge is 0.311 e. The first-order valence-electron chi connectivity index (χ1n) is 15.9. The molecule has 18 heteroatoms. The molecule has 272 valence electrons. The summed E-state index contributed by atoms with van der Waals surface area (Å²) in [5, 5.41) is 10.4. The lowest BCUT2D eigenvalue weighted by atomic mass is 9.88. The molecule has 0 N–H and O–H groups in total. The van der Waals surface area contributed by atoms with Crippen LogP contribution >= 0.6 is 0 Å². The van der Waals surface area contributed by atoms with E-state index in [1.807, 2.05) is 6.92 Å². The van der Waals surface area contributed by atoms with Crippen molar-refractivity contribution in [2.75, 3.05) is 79.1 Å². The van der Waals surface area contributed by atoms with Crippen molar-refractivity contribution in [3.63, 3.8) is 0 Å². The summed E-state index contributed by atoms with van der Waals surface area (Å²) in [5.41, 5.74) is 22.3. The Morgan fingerprint density at radius 2 is 0.792 bits per heavy atom. The maximum absolute atomic E-state index is 12.5. The number of carbonyl (C=O) groups is 3. The van der Waals surface area contributed by atoms with Crippen molar-refractivity contribution < 1.29 is 42.8 Å². The zero-order valence-electron chi connectivity index (χ0n) is 29.5. The summed E-state index contributed by atoms with van der Waals surface area (Å²) in [5.74, 6) is -1.30. The number of azide groups is 3. The Morgan fingerprint density at radius 1 is 0.521 bits per heavy atom. The van der Waals surface area contributed by atoms with E-state index in [-0.39, 0.29) is 79.1 Å². The van der Waals surface area contributed by atoms with Crippen LogP contribution in [0.3, 0.4) is 0 Å². The van der Waals surface area contributed by atoms with E-state index in [2.05, 4.69) is 30.1 Å². The van der Waals surface area contributed by atoms with E-state index >= 15 is 0 Å². The summed E-state index contributed by atoms with van der Waals surface area (Å²) in [7, 11) is 0. The van der Waals surface area contributed by atoms with Crippen LogP contribution in [0.4, 0.5) is 0 Å². The molecular formula is C30H53N9O9. The third-order valence-corrected chi connectivity index (χ3v) is 7.72. The predicted octanol–water partition coefficient (Wildman–Crippen LogP) is 6.24. The topological polar surface area (TPSA) is 253 Å². The van der Waals surface area contributed by atoms with E-state index < -0.39 is 39.6 Å². The lowest BCUT2D eigenvalue weighted by molar-refractivity contribution is -0.157. The molecule has 0 rings (SSSR count). The van der Waals surface area contributed by atoms with Gasteiger partial charge in [0.1, 0.15) is 19.8 Å². The van der Waals surface area contributed by atoms with Crippen molar-refractivity contribution in [1.82, 2.24) is 0 Å². The normalized spacial score (nSPS) is 12.8. The number of rotatable bonds is 28. The minimum Gasteiger partial charge on any atom is -0.463 e. The summed E-state index contributed by atoms with van der Waals surface area (Å²) >= 11 is 0. The highest BCUT2D eigenvalue weighted by molar-refractivity contribution is 5.76. The number of nitrogens with zero attached hydrogens (tertiary/aromatic N) is 9. The lowest BCUT2D eigenvalue weighted by Gasteiger charge is -2.32. The molecule has 0 fully saturated rings. The molecule has 0 saturated heterocycles. The lowest BCUT2D eigenvalue weighted by Crippen LogP contribution is -2.38. The SMILES string of the molecule is CCC(COCCOC(=O)C(C)(C)CCN=[N+]=[N-])(COCCOC(=O)C(C)(C)CCN=[N+]=[N-])COCCOC(=O)C(C)(C)CCN=[N+]=[N-]. The third-order valence-electron chi connectivity index (χ3n) is 7.72. The van der Waals surface area contributed by atoms with Crippen LogP contribution < -0.4 is 0 Å². The van der Waals surface area contributed by atoms with Crippen molar-refractivity contribution in [1.29, 1.82) is 0 Å². The zero-order chi connectivity index (χ0) is 36.5. The van der Waals surface area contributed by atoms with Crippen molar-refractivity contribution >= 4 is 17.9 Å². The molecule has 0 amide bonds. The van der Waals surface area contributed by atoms with Crippen LogP contribution in [0.25, 0.3) is 31.3 Å². The van der Waals surface area contributed by atoms with Gasteiger partial charge in [-0.2, -0.15) is 0 Å². The van der Waals surface area contributed by atoms with Gasteiger partial charge < -0.3 is 28.4 Å². The number of carbonyl (C=O) groups excluding carboxylic acids is 3. The summed E-state index contributed by atoms with van der Waals surface area (Å²) in [6, 6.07) is 0. The second-order valence-corrected chi connectivity index (χ2v) is 13.2. The molecule has 0 unspecified atom stereocenters. The standard InChI is InChI=1S/C30H53N9O9/c1-8-30(21-43-15-18-46-24(40)27(2,3)9-12-34-37-31,22-44-16-19-47-25(41)28(4,5)10-13-35-38-32)23-45-17-20-48-26(42)29(6,7)11-14-36-39-33/h8-23H2,1-7H3. The fourth-order valence-corrected chi connectivity index (χ4v) is 3.89. The predicted molar refractivity (Wildman–Crippen MR) is 175 cm³/mol. The van der Waals surface area contributed by atoms with E-state index in [0.717, 1.165) is 0 Å². The summed E-state index contributed by atoms with van der Waals surface area (Å²) in [4.78, 5) is 45.5. The Bertz CT molecular complexity index is 1010. The van der Waals surface area contributed by atoms with Crippen LogP contribution in [-0.4, -0.2) is 97.0 Å². The van der Waals surface area contributed by atoms with Gasteiger partial charge >= 0.3 is 17.9 Å². The average Bonchev–Trinajstić information content (AvgIpc) is 3.03. The molecular weight excluding hydrogens is 630 g/mol. The largest absolute Gasteiger partial charge is 0.463 e. The maximum Gasteiger partial charge on any atom is 0.311 e. The maximum atomic E-state index is 12.5. The average molecular weight is 684 g/mol. The van der Waals surface area contributed by atoms with Crippen LogP contribution in [0.1, 0.15) is 74.1 Å². The molecule has 0 aliphatic heterocycles. The Morgan fingerprint density at radius 3 is 1.02 bits per heavy atom. The molecule has 0 aliphatic rings. The second-order valence-electron chi connectivity index (χ2n) is 13.2. The van der Waals surface area contributed by atoms with Gasteiger partial charge in [0.2, 0.25) is 0 Å². The summed E-state index contributed by atoms with van der Waals surface area (Å²) < 4.78 is 33.8. The molecule has 0 radical (unpaired) electrons. The Labute approximate surface area is 282 Å². The first-order chi connectivity index (χ1) is 22.6. The van der Waals surface area contributed by atoms with Crippen LogP contribution in [0.2, 0.25) is 0 Å². The molecule has 0 aromatic heterocycles. The highest BCUT2D eigenvalue weighted by Gasteiger charge is 2.33. The van der Waals surface area contributed by atoms with E-state index in [4.69, 9.17) is 45.0 Å². The zero-order valence-corrected chi connectivity index (χ0v) is 29.5. The molecule has 0 saturated carbocycles. The van der Waals surface area contributed by atoms with Crippen LogP contribution in [-0.2, 0) is 42.8 Å². The van der Waals surface area contributed by atoms with Crippen molar-refractivity contribution in [2.45, 2.75) is 74.1 Å². The van der Waals surface area contributed by atoms with Crippen LogP contribution in [0.15, 0.2) is 15.3 Å². The molecule has 0 aliphatic carbocycles. The summed E-state index contributed by atoms with van der Waals surface area (Å²) in [6.45, 7) is 13.7. The highest BCUT2D eigenvalue weighted by Crippen LogP contribution is 2.26. The highest BCUT2D eigenvalue weighted by atomic mass is 16.6. The molecule has 48 heavy (non-hydrogen) atoms. The van der Waals surface area contributed by atoms with Gasteiger partial charge in [-0.05, 0) is 83.8 Å². The first kappa shape index (κ1) is 44.2. The van der Waals surface area contributed by atoms with Crippen LogP contribution in [0.5, 0.6) is 0 Å². The quantitative estimate of drug-likeness (QED) is 0.0225. The van der Waals surface area contributed by atoms with E-state index in [1.165, 1.54) is 0 Å². The van der Waals surface area contributed by atoms with Crippen LogP contribution in [0, 0.1) is 21.7 Å². The first-order valence-corrected chi connectivity index (χ1v) is 15.9. The van der Waals surface area contributed by atoms with Crippen molar-refractivity contribution in [3.8, 4) is 0 Å². The minimum atomic E-state index is -0.824. The third kappa shape index (κ3) is 18.5. The molecule has 0 heterocycles. The molecule has 0 atom stereocenters. The van der Waals surface area contributed by atoms with Gasteiger partial charge in [0.25, 0.3) is 0 Å². The summed E-state index contributed by atoms with van der Waals surface area (Å²) in [6.07, 6.45) is 1.61. The van der Waals surface area contributed by atoms with E-state index in [1.54, 1.807) is 41.5 Å². The number of ether oxygens (including phenoxy) is 6. The van der Waals surface area contributed by atoms with E-state index in [0.29, 0.717) is 25.7 Å². The van der Waals surface area contributed by atoms with Gasteiger partial charge in [-0.3, -0.25) is 14.4 Å². The number of hydrogen-bond donors (Lipinski definition) is 0. The van der Waals surface area contributed by atoms with Gasteiger partial charge in [0.05, 0.1) is 55.9 Å². The van der Waals surface area contributed by atoms with Gasteiger partial charge in [-0.1, -0.05) is 22.3 Å². The fourth-order valence-electron chi connectivity index (χ4n) is 3.89. The second kappa shape index (κ2) is 23.5. The molecule has 0 bridgehead atoms. The molecule has 0 spiro atoms. The Kier molecular flexibility index (Phi) is 21.7.